The molecule has 30 heavy (non-hydrogen) atoms. The van der Waals surface area contributed by atoms with Crippen LogP contribution in [0, 0.1) is 0 Å². The lowest BCUT2D eigenvalue weighted by atomic mass is 10.1. The zero-order valence-electron chi connectivity index (χ0n) is 17.8. The van der Waals surface area contributed by atoms with Crippen LogP contribution in [-0.4, -0.2) is 45.4 Å². The monoisotopic (exact) mass is 527 g/mol. The summed E-state index contributed by atoms with van der Waals surface area (Å²) >= 11 is 0. The molecule has 1 aliphatic rings. The van der Waals surface area contributed by atoms with E-state index in [1.165, 1.54) is 18.4 Å². The number of hydrogen-bond acceptors (Lipinski definition) is 4. The summed E-state index contributed by atoms with van der Waals surface area (Å²) in [5.74, 6) is 2.71. The fourth-order valence-corrected chi connectivity index (χ4v) is 3.41. The number of benzene rings is 1. The number of rotatable bonds is 10. The van der Waals surface area contributed by atoms with E-state index < -0.39 is 0 Å². The standard InChI is InChI=1S/C23H33N3O3.HI/c1-27-20-9-7-19(8-10-20)11-14-24-23(26-16-13-22-6-4-18-29-22)25-15-12-21-5-2-3-17-28-21;/h4,6-10,18,21H,2-3,5,11-17H2,1H3,(H2,24,25,26);1H. The molecule has 2 aromatic rings. The van der Waals surface area contributed by atoms with Crippen LogP contribution < -0.4 is 15.4 Å². The van der Waals surface area contributed by atoms with Gasteiger partial charge < -0.3 is 24.5 Å². The van der Waals surface area contributed by atoms with Gasteiger partial charge in [-0.3, -0.25) is 4.99 Å². The molecule has 0 spiro atoms. The van der Waals surface area contributed by atoms with Crippen molar-refractivity contribution in [2.75, 3.05) is 33.4 Å². The van der Waals surface area contributed by atoms with Crippen LogP contribution in [0.3, 0.4) is 0 Å². The Hall–Kier alpha value is -1.74. The van der Waals surface area contributed by atoms with E-state index in [-0.39, 0.29) is 24.0 Å². The summed E-state index contributed by atoms with van der Waals surface area (Å²) < 4.78 is 16.4. The van der Waals surface area contributed by atoms with Crippen molar-refractivity contribution in [3.63, 3.8) is 0 Å². The topological polar surface area (TPSA) is 68.0 Å². The van der Waals surface area contributed by atoms with E-state index in [0.717, 1.165) is 69.4 Å². The lowest BCUT2D eigenvalue weighted by Crippen LogP contribution is -2.39. The Morgan fingerprint density at radius 3 is 2.57 bits per heavy atom. The van der Waals surface area contributed by atoms with Crippen LogP contribution in [0.15, 0.2) is 52.1 Å². The number of halogens is 1. The molecule has 2 N–H and O–H groups in total. The largest absolute Gasteiger partial charge is 0.497 e. The Balaban J connectivity index is 0.00000320. The summed E-state index contributed by atoms with van der Waals surface area (Å²) in [4.78, 5) is 4.76. The number of aliphatic imine (C=N–C) groups is 1. The third-order valence-electron chi connectivity index (χ3n) is 5.10. The van der Waals surface area contributed by atoms with E-state index in [1.807, 2.05) is 24.3 Å². The quantitative estimate of drug-likeness (QED) is 0.276. The molecule has 1 saturated heterocycles. The fraction of sp³-hybridized carbons (Fsp3) is 0.522. The summed E-state index contributed by atoms with van der Waals surface area (Å²) in [6, 6.07) is 12.1. The first kappa shape index (κ1) is 24.5. The molecule has 1 aromatic heterocycles. The second kappa shape index (κ2) is 14.3. The van der Waals surface area contributed by atoms with Crippen LogP contribution in [-0.2, 0) is 17.6 Å². The van der Waals surface area contributed by atoms with Gasteiger partial charge in [0, 0.05) is 32.7 Å². The molecular formula is C23H34IN3O3. The Kier molecular flexibility index (Phi) is 11.7. The van der Waals surface area contributed by atoms with Gasteiger partial charge in [-0.15, -0.1) is 24.0 Å². The summed E-state index contributed by atoms with van der Waals surface area (Å²) in [6.45, 7) is 3.26. The second-order valence-electron chi connectivity index (χ2n) is 7.29. The molecule has 0 radical (unpaired) electrons. The van der Waals surface area contributed by atoms with Crippen molar-refractivity contribution in [3.8, 4) is 5.75 Å². The number of hydrogen-bond donors (Lipinski definition) is 2. The number of nitrogens with one attached hydrogen (secondary N) is 2. The fourth-order valence-electron chi connectivity index (χ4n) is 3.41. The van der Waals surface area contributed by atoms with Gasteiger partial charge in [-0.1, -0.05) is 12.1 Å². The van der Waals surface area contributed by atoms with Crippen LogP contribution >= 0.6 is 24.0 Å². The molecule has 1 unspecified atom stereocenters. The molecule has 0 amide bonds. The zero-order chi connectivity index (χ0) is 20.2. The van der Waals surface area contributed by atoms with Crippen molar-refractivity contribution in [2.45, 2.75) is 44.6 Å². The molecule has 1 atom stereocenters. The van der Waals surface area contributed by atoms with Gasteiger partial charge in [0.25, 0.3) is 0 Å². The Labute approximate surface area is 196 Å². The Morgan fingerprint density at radius 2 is 1.90 bits per heavy atom. The normalized spacial score (nSPS) is 16.6. The van der Waals surface area contributed by atoms with E-state index in [2.05, 4.69) is 22.8 Å². The first-order valence-corrected chi connectivity index (χ1v) is 10.6. The summed E-state index contributed by atoms with van der Waals surface area (Å²) in [7, 11) is 1.69. The summed E-state index contributed by atoms with van der Waals surface area (Å²) in [5.41, 5.74) is 1.27. The van der Waals surface area contributed by atoms with Crippen molar-refractivity contribution in [1.82, 2.24) is 10.6 Å². The smallest absolute Gasteiger partial charge is 0.191 e. The molecule has 0 saturated carbocycles. The van der Waals surface area contributed by atoms with Crippen molar-refractivity contribution < 1.29 is 13.9 Å². The van der Waals surface area contributed by atoms with E-state index in [4.69, 9.17) is 18.9 Å². The maximum absolute atomic E-state index is 5.81. The van der Waals surface area contributed by atoms with Gasteiger partial charge in [-0.25, -0.2) is 0 Å². The number of guanidine groups is 1. The molecular weight excluding hydrogens is 493 g/mol. The third kappa shape index (κ3) is 8.95. The van der Waals surface area contributed by atoms with Crippen LogP contribution in [0.25, 0.3) is 0 Å². The highest BCUT2D eigenvalue weighted by Gasteiger charge is 2.13. The van der Waals surface area contributed by atoms with E-state index in [0.29, 0.717) is 6.10 Å². The molecule has 0 bridgehead atoms. The first-order chi connectivity index (χ1) is 14.3. The lowest BCUT2D eigenvalue weighted by Gasteiger charge is -2.22. The molecule has 2 heterocycles. The first-order valence-electron chi connectivity index (χ1n) is 10.6. The number of ether oxygens (including phenoxy) is 2. The lowest BCUT2D eigenvalue weighted by molar-refractivity contribution is 0.0129. The number of methoxy groups -OCH3 is 1. The van der Waals surface area contributed by atoms with Gasteiger partial charge in [0.1, 0.15) is 11.5 Å². The van der Waals surface area contributed by atoms with Crippen LogP contribution in [0.5, 0.6) is 5.75 Å². The maximum atomic E-state index is 5.81. The van der Waals surface area contributed by atoms with Gasteiger partial charge in [0.2, 0.25) is 0 Å². The average molecular weight is 527 g/mol. The van der Waals surface area contributed by atoms with Gasteiger partial charge in [-0.05, 0) is 61.9 Å². The van der Waals surface area contributed by atoms with E-state index in [1.54, 1.807) is 13.4 Å². The molecule has 6 nitrogen and oxygen atoms in total. The summed E-state index contributed by atoms with van der Waals surface area (Å²) in [5, 5.41) is 6.87. The highest BCUT2D eigenvalue weighted by atomic mass is 127. The Bertz CT molecular complexity index is 714. The number of nitrogens with zero attached hydrogens (tertiary/aromatic N) is 1. The van der Waals surface area contributed by atoms with Gasteiger partial charge >= 0.3 is 0 Å². The molecule has 1 fully saturated rings. The van der Waals surface area contributed by atoms with E-state index in [9.17, 15) is 0 Å². The van der Waals surface area contributed by atoms with Crippen molar-refractivity contribution in [3.05, 3.63) is 54.0 Å². The minimum atomic E-state index is 0. The molecule has 0 aliphatic carbocycles. The highest BCUT2D eigenvalue weighted by molar-refractivity contribution is 14.0. The predicted octanol–water partition coefficient (Wildman–Crippen LogP) is 4.19. The molecule has 1 aromatic carbocycles. The van der Waals surface area contributed by atoms with Crippen molar-refractivity contribution in [2.24, 2.45) is 4.99 Å². The van der Waals surface area contributed by atoms with E-state index >= 15 is 0 Å². The minimum Gasteiger partial charge on any atom is -0.497 e. The SMILES string of the molecule is COc1ccc(CCNC(=NCCC2CCCCO2)NCCc2ccco2)cc1.I. The number of furan rings is 1. The molecule has 7 heteroatoms. The van der Waals surface area contributed by atoms with Crippen LogP contribution in [0.1, 0.15) is 37.0 Å². The van der Waals surface area contributed by atoms with Gasteiger partial charge in [-0.2, -0.15) is 0 Å². The highest BCUT2D eigenvalue weighted by Crippen LogP contribution is 2.15. The Morgan fingerprint density at radius 1 is 1.10 bits per heavy atom. The third-order valence-corrected chi connectivity index (χ3v) is 5.10. The maximum Gasteiger partial charge on any atom is 0.191 e. The minimum absolute atomic E-state index is 0. The van der Waals surface area contributed by atoms with Crippen LogP contribution in [0.2, 0.25) is 0 Å². The van der Waals surface area contributed by atoms with Gasteiger partial charge in [0.05, 0.1) is 19.5 Å². The summed E-state index contributed by atoms with van der Waals surface area (Å²) in [6.07, 6.45) is 8.41. The molecule has 166 valence electrons. The van der Waals surface area contributed by atoms with Crippen molar-refractivity contribution >= 4 is 29.9 Å². The molecule has 3 rings (SSSR count). The average Bonchev–Trinajstić information content (AvgIpc) is 3.28. The second-order valence-corrected chi connectivity index (χ2v) is 7.29. The van der Waals surface area contributed by atoms with Crippen LogP contribution in [0.4, 0.5) is 0 Å². The predicted molar refractivity (Wildman–Crippen MR) is 131 cm³/mol. The van der Waals surface area contributed by atoms with Crippen molar-refractivity contribution in [1.29, 1.82) is 0 Å². The molecule has 1 aliphatic heterocycles. The van der Waals surface area contributed by atoms with Gasteiger partial charge in [0.15, 0.2) is 5.96 Å². The zero-order valence-corrected chi connectivity index (χ0v) is 20.1.